The van der Waals surface area contributed by atoms with Crippen molar-refractivity contribution in [1.82, 2.24) is 10.3 Å². The third kappa shape index (κ3) is 3.91. The third-order valence-corrected chi connectivity index (χ3v) is 7.00. The number of carbonyl (C=O) groups is 2. The van der Waals surface area contributed by atoms with Crippen molar-refractivity contribution in [2.24, 2.45) is 5.92 Å². The number of nitrogens with zero attached hydrogens (tertiary/aromatic N) is 2. The first-order valence-corrected chi connectivity index (χ1v) is 11.3. The highest BCUT2D eigenvalue weighted by Gasteiger charge is 2.40. The van der Waals surface area contributed by atoms with Crippen LogP contribution in [0.2, 0.25) is 0 Å². The lowest BCUT2D eigenvalue weighted by Gasteiger charge is -2.45. The van der Waals surface area contributed by atoms with Crippen LogP contribution in [0.5, 0.6) is 0 Å². The Morgan fingerprint density at radius 1 is 1.19 bits per heavy atom. The van der Waals surface area contributed by atoms with Gasteiger partial charge in [-0.25, -0.2) is 4.98 Å². The molecule has 2 amide bonds. The molecular weight excluding hydrogens is 388 g/mol. The molecule has 6 nitrogen and oxygen atoms in total. The molecule has 3 atom stereocenters. The molecule has 0 radical (unpaired) electrons. The standard InChI is InChI=1S/C25H32N4O2/c1-5-21-15(2)24(28-23-12-10-19(14-27-23)17-7-6-8-17)20-13-18(25(31)26-4)9-11-22(20)29(21)16(3)30/h9-15,17,21,24H,5-8H2,1-4H3,(H,26,31)(H,27,28). The normalized spacial score (nSPS) is 23.0. The largest absolute Gasteiger partial charge is 0.363 e. The number of nitrogens with one attached hydrogen (secondary N) is 2. The van der Waals surface area contributed by atoms with E-state index in [1.165, 1.54) is 24.8 Å². The van der Waals surface area contributed by atoms with E-state index in [0.29, 0.717) is 11.5 Å². The molecule has 4 rings (SSSR count). The maximum atomic E-state index is 12.6. The van der Waals surface area contributed by atoms with Gasteiger partial charge in [0, 0.05) is 43.4 Å². The third-order valence-electron chi connectivity index (χ3n) is 7.00. The summed E-state index contributed by atoms with van der Waals surface area (Å²) in [4.78, 5) is 31.4. The Balaban J connectivity index is 1.72. The highest BCUT2D eigenvalue weighted by Crippen LogP contribution is 2.44. The fourth-order valence-corrected chi connectivity index (χ4v) is 5.03. The number of rotatable bonds is 5. The smallest absolute Gasteiger partial charge is 0.251 e. The Hall–Kier alpha value is -2.89. The molecule has 1 fully saturated rings. The van der Waals surface area contributed by atoms with Crippen molar-refractivity contribution in [3.8, 4) is 0 Å². The summed E-state index contributed by atoms with van der Waals surface area (Å²) in [6, 6.07) is 9.85. The van der Waals surface area contributed by atoms with Crippen molar-refractivity contribution in [2.75, 3.05) is 17.3 Å². The number of aromatic nitrogens is 1. The number of anilines is 2. The van der Waals surface area contributed by atoms with Crippen LogP contribution in [-0.4, -0.2) is 29.9 Å². The lowest BCUT2D eigenvalue weighted by Crippen LogP contribution is -2.49. The summed E-state index contributed by atoms with van der Waals surface area (Å²) in [5.41, 5.74) is 3.73. The van der Waals surface area contributed by atoms with Gasteiger partial charge in [0.1, 0.15) is 5.82 Å². The molecule has 1 aromatic heterocycles. The van der Waals surface area contributed by atoms with Crippen molar-refractivity contribution < 1.29 is 9.59 Å². The molecule has 0 saturated heterocycles. The molecule has 3 unspecified atom stereocenters. The number of benzene rings is 1. The van der Waals surface area contributed by atoms with Gasteiger partial charge in [0.05, 0.1) is 6.04 Å². The summed E-state index contributed by atoms with van der Waals surface area (Å²) in [5, 5.41) is 6.31. The highest BCUT2D eigenvalue weighted by molar-refractivity contribution is 5.97. The Morgan fingerprint density at radius 2 is 1.97 bits per heavy atom. The molecule has 1 aliphatic heterocycles. The Kier molecular flexibility index (Phi) is 5.99. The summed E-state index contributed by atoms with van der Waals surface area (Å²) in [5.74, 6) is 1.51. The lowest BCUT2D eigenvalue weighted by molar-refractivity contribution is -0.117. The van der Waals surface area contributed by atoms with Gasteiger partial charge in [-0.3, -0.25) is 9.59 Å². The first-order chi connectivity index (χ1) is 14.9. The first kappa shape index (κ1) is 21.3. The minimum atomic E-state index is -0.135. The van der Waals surface area contributed by atoms with Gasteiger partial charge in [-0.2, -0.15) is 0 Å². The number of hydrogen-bond acceptors (Lipinski definition) is 4. The number of pyridine rings is 1. The molecule has 1 aliphatic carbocycles. The molecule has 2 heterocycles. The highest BCUT2D eigenvalue weighted by atomic mass is 16.2. The number of fused-ring (bicyclic) bond motifs is 1. The average Bonchev–Trinajstić information content (AvgIpc) is 2.74. The minimum absolute atomic E-state index is 0.0223. The lowest BCUT2D eigenvalue weighted by atomic mass is 9.80. The zero-order chi connectivity index (χ0) is 22.1. The van der Waals surface area contributed by atoms with E-state index in [2.05, 4.69) is 36.6 Å². The molecule has 0 spiro atoms. The molecule has 2 aliphatic rings. The number of amides is 2. The molecule has 2 N–H and O–H groups in total. The van der Waals surface area contributed by atoms with Crippen LogP contribution >= 0.6 is 0 Å². The zero-order valence-electron chi connectivity index (χ0n) is 18.8. The van der Waals surface area contributed by atoms with Gasteiger partial charge in [0.2, 0.25) is 5.91 Å². The molecule has 1 saturated carbocycles. The maximum absolute atomic E-state index is 12.6. The maximum Gasteiger partial charge on any atom is 0.251 e. The molecule has 0 bridgehead atoms. The summed E-state index contributed by atoms with van der Waals surface area (Å²) in [6.07, 6.45) is 6.65. The predicted octanol–water partition coefficient (Wildman–Crippen LogP) is 4.64. The van der Waals surface area contributed by atoms with Gasteiger partial charge in [-0.05, 0) is 60.6 Å². The van der Waals surface area contributed by atoms with Crippen molar-refractivity contribution in [3.63, 3.8) is 0 Å². The fourth-order valence-electron chi connectivity index (χ4n) is 5.03. The Labute approximate surface area is 184 Å². The van der Waals surface area contributed by atoms with Crippen LogP contribution in [0.25, 0.3) is 0 Å². The summed E-state index contributed by atoms with van der Waals surface area (Å²) in [6.45, 7) is 5.89. The van der Waals surface area contributed by atoms with Crippen LogP contribution in [0.15, 0.2) is 36.5 Å². The first-order valence-electron chi connectivity index (χ1n) is 11.3. The van der Waals surface area contributed by atoms with Gasteiger partial charge in [0.15, 0.2) is 0 Å². The Morgan fingerprint density at radius 3 is 2.52 bits per heavy atom. The molecule has 1 aromatic carbocycles. The van der Waals surface area contributed by atoms with Crippen LogP contribution in [-0.2, 0) is 4.79 Å². The number of carbonyl (C=O) groups excluding carboxylic acids is 2. The Bertz CT molecular complexity index is 968. The SMILES string of the molecule is CCC1C(C)C(Nc2ccc(C3CCC3)cn2)c2cc(C(=O)NC)ccc2N1C(C)=O. The van der Waals surface area contributed by atoms with Crippen molar-refractivity contribution >= 4 is 23.3 Å². The van der Waals surface area contributed by atoms with E-state index in [4.69, 9.17) is 4.98 Å². The molecule has 2 aromatic rings. The van der Waals surface area contributed by atoms with Crippen LogP contribution in [0.1, 0.15) is 79.9 Å². The van der Waals surface area contributed by atoms with E-state index in [0.717, 1.165) is 23.5 Å². The second kappa shape index (κ2) is 8.69. The minimum Gasteiger partial charge on any atom is -0.363 e. The van der Waals surface area contributed by atoms with Crippen molar-refractivity contribution in [2.45, 2.75) is 64.5 Å². The second-order valence-electron chi connectivity index (χ2n) is 8.80. The fraction of sp³-hybridized carbons (Fsp3) is 0.480. The number of hydrogen-bond donors (Lipinski definition) is 2. The van der Waals surface area contributed by atoms with E-state index in [1.807, 2.05) is 23.2 Å². The van der Waals surface area contributed by atoms with E-state index < -0.39 is 0 Å². The van der Waals surface area contributed by atoms with Crippen molar-refractivity contribution in [1.29, 1.82) is 0 Å². The zero-order valence-corrected chi connectivity index (χ0v) is 18.8. The van der Waals surface area contributed by atoms with Gasteiger partial charge in [0.25, 0.3) is 5.91 Å². The summed E-state index contributed by atoms with van der Waals surface area (Å²) >= 11 is 0. The molecule has 6 heteroatoms. The average molecular weight is 421 g/mol. The van der Waals surface area contributed by atoms with Crippen LogP contribution < -0.4 is 15.5 Å². The predicted molar refractivity (Wildman–Crippen MR) is 123 cm³/mol. The van der Waals surface area contributed by atoms with Gasteiger partial charge < -0.3 is 15.5 Å². The summed E-state index contributed by atoms with van der Waals surface area (Å²) in [7, 11) is 1.63. The van der Waals surface area contributed by atoms with Crippen molar-refractivity contribution in [3.05, 3.63) is 53.2 Å². The van der Waals surface area contributed by atoms with Crippen LogP contribution in [0, 0.1) is 5.92 Å². The topological polar surface area (TPSA) is 74.3 Å². The van der Waals surface area contributed by atoms with Crippen LogP contribution in [0.3, 0.4) is 0 Å². The van der Waals surface area contributed by atoms with Gasteiger partial charge in [-0.1, -0.05) is 26.3 Å². The van der Waals surface area contributed by atoms with Gasteiger partial charge >= 0.3 is 0 Å². The molecule has 164 valence electrons. The summed E-state index contributed by atoms with van der Waals surface area (Å²) < 4.78 is 0. The van der Waals surface area contributed by atoms with E-state index in [9.17, 15) is 9.59 Å². The monoisotopic (exact) mass is 420 g/mol. The van der Waals surface area contributed by atoms with E-state index in [1.54, 1.807) is 20.0 Å². The van der Waals surface area contributed by atoms with Crippen LogP contribution in [0.4, 0.5) is 11.5 Å². The van der Waals surface area contributed by atoms with E-state index in [-0.39, 0.29) is 29.8 Å². The second-order valence-corrected chi connectivity index (χ2v) is 8.80. The molecular formula is C25H32N4O2. The quantitative estimate of drug-likeness (QED) is 0.739. The van der Waals surface area contributed by atoms with E-state index >= 15 is 0 Å². The van der Waals surface area contributed by atoms with Gasteiger partial charge in [-0.15, -0.1) is 0 Å². The molecule has 31 heavy (non-hydrogen) atoms.